The van der Waals surface area contributed by atoms with Gasteiger partial charge in [0.15, 0.2) is 0 Å². The smallest absolute Gasteiger partial charge is 0.0485 e. The van der Waals surface area contributed by atoms with Crippen molar-refractivity contribution in [2.24, 2.45) is 11.7 Å². The number of rotatable bonds is 2. The number of piperazine rings is 1. The molecule has 0 aromatic rings. The van der Waals surface area contributed by atoms with E-state index in [0.29, 0.717) is 24.2 Å². The van der Waals surface area contributed by atoms with Crippen molar-refractivity contribution in [1.29, 1.82) is 0 Å². The van der Waals surface area contributed by atoms with E-state index in [1.165, 1.54) is 58.2 Å². The fourth-order valence-electron chi connectivity index (χ4n) is 5.25. The number of nitrogens with zero attached hydrogens (tertiary/aromatic N) is 2. The van der Waals surface area contributed by atoms with Gasteiger partial charge in [-0.25, -0.2) is 0 Å². The van der Waals surface area contributed by atoms with E-state index in [0.717, 1.165) is 25.7 Å². The Morgan fingerprint density at radius 1 is 0.955 bits per heavy atom. The number of piperidine rings is 1. The molecule has 4 aliphatic rings. The Morgan fingerprint density at radius 3 is 2.64 bits per heavy atom. The Bertz CT molecular complexity index is 370. The lowest BCUT2D eigenvalue weighted by Gasteiger charge is -2.48. The van der Waals surface area contributed by atoms with Crippen LogP contribution in [0.3, 0.4) is 0 Å². The maximum Gasteiger partial charge on any atom is 0.0485 e. The van der Waals surface area contributed by atoms with Gasteiger partial charge in [-0.05, 0) is 25.2 Å². The molecule has 5 heteroatoms. The van der Waals surface area contributed by atoms with E-state index >= 15 is 0 Å². The Balaban J connectivity index is 1.38. The van der Waals surface area contributed by atoms with E-state index in [9.17, 15) is 0 Å². The second-order valence-corrected chi connectivity index (χ2v) is 7.95. The topological polar surface area (TPSA) is 56.6 Å². The van der Waals surface area contributed by atoms with Gasteiger partial charge in [-0.2, -0.15) is 0 Å². The molecule has 0 bridgehead atoms. The first-order valence-electron chi connectivity index (χ1n) is 9.49. The molecule has 3 heterocycles. The maximum absolute atomic E-state index is 6.51. The minimum absolute atomic E-state index is 0.306. The highest BCUT2D eigenvalue weighted by molar-refractivity contribution is 4.99. The average molecular weight is 307 g/mol. The number of hydrogen-bond donors (Lipinski definition) is 3. The van der Waals surface area contributed by atoms with Gasteiger partial charge in [-0.3, -0.25) is 9.80 Å². The quantitative estimate of drug-likeness (QED) is 0.679. The molecular weight excluding hydrogens is 274 g/mol. The van der Waals surface area contributed by atoms with Crippen LogP contribution in [0.4, 0.5) is 0 Å². The van der Waals surface area contributed by atoms with Crippen LogP contribution in [0.1, 0.15) is 38.5 Å². The van der Waals surface area contributed by atoms with Gasteiger partial charge in [-0.15, -0.1) is 0 Å². The standard InChI is InChI=1S/C17H33N5/c18-15-10-20-16(13-4-2-1-3-5-13)8-17(15)21-6-7-22-12-19-9-14(22)11-21/h13-17,19-20H,1-12,18H2. The van der Waals surface area contributed by atoms with Crippen LogP contribution in [-0.4, -0.2) is 73.4 Å². The second-order valence-electron chi connectivity index (χ2n) is 7.95. The summed E-state index contributed by atoms with van der Waals surface area (Å²) in [5, 5.41) is 7.29. The first-order valence-corrected chi connectivity index (χ1v) is 9.49. The van der Waals surface area contributed by atoms with Crippen LogP contribution >= 0.6 is 0 Å². The summed E-state index contributed by atoms with van der Waals surface area (Å²) in [4.78, 5) is 5.32. The zero-order valence-corrected chi connectivity index (χ0v) is 13.8. The fourth-order valence-corrected chi connectivity index (χ4v) is 5.25. The molecule has 0 amide bonds. The van der Waals surface area contributed by atoms with Gasteiger partial charge in [0.1, 0.15) is 0 Å². The highest BCUT2D eigenvalue weighted by Crippen LogP contribution is 2.31. The van der Waals surface area contributed by atoms with E-state index in [2.05, 4.69) is 20.4 Å². The van der Waals surface area contributed by atoms with Crippen molar-refractivity contribution in [3.8, 4) is 0 Å². The number of nitrogens with one attached hydrogen (secondary N) is 2. The lowest BCUT2D eigenvalue weighted by Crippen LogP contribution is -2.65. The highest BCUT2D eigenvalue weighted by atomic mass is 15.4. The molecule has 126 valence electrons. The van der Waals surface area contributed by atoms with E-state index in [4.69, 9.17) is 5.73 Å². The van der Waals surface area contributed by atoms with Crippen LogP contribution in [-0.2, 0) is 0 Å². The van der Waals surface area contributed by atoms with Crippen molar-refractivity contribution >= 4 is 0 Å². The molecule has 1 saturated carbocycles. The molecule has 0 aromatic carbocycles. The third-order valence-electron chi connectivity index (χ3n) is 6.62. The first-order chi connectivity index (χ1) is 10.8. The third-order valence-corrected chi connectivity index (χ3v) is 6.62. The van der Waals surface area contributed by atoms with Crippen LogP contribution in [0, 0.1) is 5.92 Å². The molecule has 3 saturated heterocycles. The minimum Gasteiger partial charge on any atom is -0.325 e. The molecule has 4 rings (SSSR count). The van der Waals surface area contributed by atoms with Gasteiger partial charge in [0, 0.05) is 63.6 Å². The monoisotopic (exact) mass is 307 g/mol. The van der Waals surface area contributed by atoms with Crippen molar-refractivity contribution < 1.29 is 0 Å². The largest absolute Gasteiger partial charge is 0.325 e. The molecule has 1 aliphatic carbocycles. The molecule has 0 aromatic heterocycles. The van der Waals surface area contributed by atoms with Crippen molar-refractivity contribution in [2.75, 3.05) is 39.4 Å². The predicted octanol–water partition coefficient (Wildman–Crippen LogP) is 0.171. The van der Waals surface area contributed by atoms with Gasteiger partial charge in [-0.1, -0.05) is 19.3 Å². The van der Waals surface area contributed by atoms with Crippen molar-refractivity contribution in [2.45, 2.75) is 62.7 Å². The molecule has 5 nitrogen and oxygen atoms in total. The number of hydrogen-bond acceptors (Lipinski definition) is 5. The molecule has 0 radical (unpaired) electrons. The van der Waals surface area contributed by atoms with Crippen LogP contribution in [0.5, 0.6) is 0 Å². The molecule has 4 N–H and O–H groups in total. The average Bonchev–Trinajstić information content (AvgIpc) is 3.04. The van der Waals surface area contributed by atoms with Crippen LogP contribution in [0.15, 0.2) is 0 Å². The molecule has 4 atom stereocenters. The Labute approximate surface area is 135 Å². The normalized spacial score (nSPS) is 42.4. The predicted molar refractivity (Wildman–Crippen MR) is 89.7 cm³/mol. The van der Waals surface area contributed by atoms with E-state index < -0.39 is 0 Å². The van der Waals surface area contributed by atoms with Gasteiger partial charge >= 0.3 is 0 Å². The highest BCUT2D eigenvalue weighted by Gasteiger charge is 2.39. The zero-order chi connectivity index (χ0) is 14.9. The molecule has 0 spiro atoms. The van der Waals surface area contributed by atoms with Crippen LogP contribution in [0.2, 0.25) is 0 Å². The van der Waals surface area contributed by atoms with E-state index in [1.54, 1.807) is 0 Å². The van der Waals surface area contributed by atoms with Gasteiger partial charge < -0.3 is 16.4 Å². The van der Waals surface area contributed by atoms with Crippen molar-refractivity contribution in [3.05, 3.63) is 0 Å². The summed E-state index contributed by atoms with van der Waals surface area (Å²) in [6.07, 6.45) is 8.45. The summed E-state index contributed by atoms with van der Waals surface area (Å²) in [5.41, 5.74) is 6.51. The zero-order valence-electron chi connectivity index (χ0n) is 13.8. The SMILES string of the molecule is NC1CNC(C2CCCCC2)CC1N1CCN2CNCC2C1. The molecule has 4 unspecified atom stereocenters. The van der Waals surface area contributed by atoms with Gasteiger partial charge in [0.2, 0.25) is 0 Å². The summed E-state index contributed by atoms with van der Waals surface area (Å²) in [6.45, 7) is 6.87. The maximum atomic E-state index is 6.51. The minimum atomic E-state index is 0.306. The first kappa shape index (κ1) is 15.3. The molecular formula is C17H33N5. The molecule has 22 heavy (non-hydrogen) atoms. The number of fused-ring (bicyclic) bond motifs is 1. The Morgan fingerprint density at radius 2 is 1.77 bits per heavy atom. The summed E-state index contributed by atoms with van der Waals surface area (Å²) in [5.74, 6) is 0.901. The van der Waals surface area contributed by atoms with Gasteiger partial charge in [0.25, 0.3) is 0 Å². The lowest BCUT2D eigenvalue weighted by molar-refractivity contribution is 0.0394. The number of nitrogens with two attached hydrogens (primary N) is 1. The van der Waals surface area contributed by atoms with Crippen LogP contribution in [0.25, 0.3) is 0 Å². The molecule has 3 aliphatic heterocycles. The molecule has 4 fully saturated rings. The van der Waals surface area contributed by atoms with Crippen molar-refractivity contribution in [3.63, 3.8) is 0 Å². The Hall–Kier alpha value is -0.200. The summed E-state index contributed by atoms with van der Waals surface area (Å²) in [7, 11) is 0. The third kappa shape index (κ3) is 3.06. The van der Waals surface area contributed by atoms with E-state index in [-0.39, 0.29) is 0 Å². The summed E-state index contributed by atoms with van der Waals surface area (Å²) < 4.78 is 0. The van der Waals surface area contributed by atoms with Crippen LogP contribution < -0.4 is 16.4 Å². The summed E-state index contributed by atoms with van der Waals surface area (Å²) >= 11 is 0. The Kier molecular flexibility index (Phi) is 4.69. The second kappa shape index (κ2) is 6.73. The van der Waals surface area contributed by atoms with Gasteiger partial charge in [0.05, 0.1) is 0 Å². The van der Waals surface area contributed by atoms with Crippen molar-refractivity contribution in [1.82, 2.24) is 20.4 Å². The summed E-state index contributed by atoms with van der Waals surface area (Å²) in [6, 6.07) is 2.32. The lowest BCUT2D eigenvalue weighted by atomic mass is 9.78. The fraction of sp³-hybridized carbons (Fsp3) is 1.00. The van der Waals surface area contributed by atoms with E-state index in [1.807, 2.05) is 0 Å².